The minimum Gasteiger partial charge on any atom is -0.508 e. The van der Waals surface area contributed by atoms with E-state index in [1.165, 1.54) is 6.07 Å². The van der Waals surface area contributed by atoms with E-state index in [1.807, 2.05) is 77.4 Å². The SMILES string of the molecule is COc1ccc2c(c1)[nH]c(=O)c1cc(OC)ccc12.COc1ccc2c(c1)c(=O)n(C1CC1)c1cc(OC)ccc21.O=c1c2cc(O)ccc2c2ccc(O)cc2n1C1CC1.O[B]OC1CC1. The summed E-state index contributed by atoms with van der Waals surface area (Å²) >= 11 is 0. The number of benzene rings is 6. The predicted molar refractivity (Wildman–Crippen MR) is 262 cm³/mol. The van der Waals surface area contributed by atoms with E-state index < -0.39 is 0 Å². The van der Waals surface area contributed by atoms with Crippen molar-refractivity contribution in [1.82, 2.24) is 14.1 Å². The van der Waals surface area contributed by atoms with E-state index in [0.717, 1.165) is 107 Å². The Morgan fingerprint density at radius 3 is 1.40 bits per heavy atom. The van der Waals surface area contributed by atoms with Crippen molar-refractivity contribution in [1.29, 1.82) is 0 Å². The molecule has 0 amide bonds. The monoisotopic (exact) mass is 902 g/mol. The van der Waals surface area contributed by atoms with Crippen molar-refractivity contribution in [3.63, 3.8) is 0 Å². The number of phenols is 2. The molecular weight excluding hydrogens is 853 g/mol. The molecule has 0 spiro atoms. The van der Waals surface area contributed by atoms with E-state index in [9.17, 15) is 24.6 Å². The molecule has 3 saturated carbocycles. The van der Waals surface area contributed by atoms with Crippen LogP contribution in [0.15, 0.2) is 124 Å². The second-order valence-electron chi connectivity index (χ2n) is 16.8. The molecular formula is C52H49BN3O11. The lowest BCUT2D eigenvalue weighted by Crippen LogP contribution is -2.20. The molecule has 0 atom stereocenters. The average molecular weight is 903 g/mol. The van der Waals surface area contributed by atoms with E-state index in [0.29, 0.717) is 39.8 Å². The summed E-state index contributed by atoms with van der Waals surface area (Å²) < 4.78 is 29.2. The fraction of sp³-hybridized carbons (Fsp3) is 0.250. The molecule has 12 rings (SSSR count). The van der Waals surface area contributed by atoms with E-state index >= 15 is 0 Å². The molecule has 0 bridgehead atoms. The number of aromatic amines is 1. The van der Waals surface area contributed by atoms with Crippen LogP contribution in [0.4, 0.5) is 0 Å². The van der Waals surface area contributed by atoms with Crippen LogP contribution in [0.1, 0.15) is 50.6 Å². The van der Waals surface area contributed by atoms with Gasteiger partial charge >= 0.3 is 7.69 Å². The van der Waals surface area contributed by atoms with Crippen LogP contribution in [-0.2, 0) is 4.65 Å². The Morgan fingerprint density at radius 2 is 0.896 bits per heavy atom. The zero-order valence-electron chi connectivity index (χ0n) is 37.4. The molecule has 15 heteroatoms. The largest absolute Gasteiger partial charge is 0.508 e. The van der Waals surface area contributed by atoms with E-state index in [1.54, 1.807) is 63.3 Å². The first-order valence-electron chi connectivity index (χ1n) is 22.0. The van der Waals surface area contributed by atoms with Crippen molar-refractivity contribution in [2.75, 3.05) is 28.4 Å². The number of fused-ring (bicyclic) bond motifs is 9. The molecule has 14 nitrogen and oxygen atoms in total. The number of aromatic nitrogens is 3. The lowest BCUT2D eigenvalue weighted by Gasteiger charge is -2.14. The Balaban J connectivity index is 0.000000119. The highest BCUT2D eigenvalue weighted by molar-refractivity contribution is 6.16. The van der Waals surface area contributed by atoms with Crippen LogP contribution >= 0.6 is 0 Å². The molecule has 0 saturated heterocycles. The number of hydrogen-bond acceptors (Lipinski definition) is 11. The molecule has 67 heavy (non-hydrogen) atoms. The number of nitrogens with zero attached hydrogens (tertiary/aromatic N) is 2. The Bertz CT molecular complexity index is 3520. The zero-order valence-corrected chi connectivity index (χ0v) is 37.4. The minimum atomic E-state index is -0.130. The van der Waals surface area contributed by atoms with Crippen LogP contribution in [0.2, 0.25) is 0 Å². The van der Waals surface area contributed by atoms with Gasteiger partial charge < -0.3 is 53.0 Å². The van der Waals surface area contributed by atoms with Gasteiger partial charge in [0.25, 0.3) is 16.7 Å². The van der Waals surface area contributed by atoms with Crippen molar-refractivity contribution in [3.05, 3.63) is 140 Å². The van der Waals surface area contributed by atoms with Crippen LogP contribution in [0.5, 0.6) is 34.5 Å². The first kappa shape index (κ1) is 44.7. The van der Waals surface area contributed by atoms with Crippen LogP contribution < -0.4 is 35.6 Å². The maximum Gasteiger partial charge on any atom is 0.485 e. The Kier molecular flexibility index (Phi) is 12.5. The lowest BCUT2D eigenvalue weighted by molar-refractivity contribution is 0.271. The number of methoxy groups -OCH3 is 4. The summed E-state index contributed by atoms with van der Waals surface area (Å²) in [4.78, 5) is 40.6. The van der Waals surface area contributed by atoms with Crippen LogP contribution in [0, 0.1) is 0 Å². The van der Waals surface area contributed by atoms with E-state index in [-0.39, 0.29) is 34.2 Å². The Labute approximate surface area is 384 Å². The summed E-state index contributed by atoms with van der Waals surface area (Å²) in [6.07, 6.45) is 6.64. The average Bonchev–Trinajstić information content (AvgIpc) is 4.18. The van der Waals surface area contributed by atoms with Crippen molar-refractivity contribution in [2.45, 2.75) is 56.7 Å². The lowest BCUT2D eigenvalue weighted by atomic mass is 10.1. The fourth-order valence-corrected chi connectivity index (χ4v) is 8.43. The highest BCUT2D eigenvalue weighted by Gasteiger charge is 2.29. The van der Waals surface area contributed by atoms with Gasteiger partial charge in [-0.15, -0.1) is 0 Å². The first-order chi connectivity index (χ1) is 32.5. The highest BCUT2D eigenvalue weighted by Crippen LogP contribution is 2.40. The Morgan fingerprint density at radius 1 is 0.478 bits per heavy atom. The second kappa shape index (κ2) is 18.8. The molecule has 3 aliphatic carbocycles. The normalized spacial score (nSPS) is 14.2. The molecule has 4 N–H and O–H groups in total. The van der Waals surface area contributed by atoms with E-state index in [4.69, 9.17) is 24.0 Å². The van der Waals surface area contributed by atoms with Crippen LogP contribution in [-0.4, -0.2) is 71.6 Å². The number of ether oxygens (including phenoxy) is 4. The van der Waals surface area contributed by atoms with Gasteiger partial charge in [0.15, 0.2) is 0 Å². The van der Waals surface area contributed by atoms with Gasteiger partial charge in [-0.2, -0.15) is 0 Å². The summed E-state index contributed by atoms with van der Waals surface area (Å²) in [7, 11) is 7.21. The summed E-state index contributed by atoms with van der Waals surface area (Å²) in [6, 6.07) is 33.2. The standard InChI is InChI=1S/C18H17NO3.C16H13NO3.C15H13NO3.C3H6BO2/c1-21-12-5-7-14-15-8-6-13(22-2)10-17(15)19(11-3-4-11)18(20)16(14)9-12;18-10-3-5-12-13-6-4-11(19)8-15(13)17(9-1-2-9)16(20)14(12)7-10;1-18-9-3-5-11-12-6-4-10(19-2)8-14(12)16-15(17)13(11)7-9;5-4-6-3-1-2-3/h5-11H,3-4H2,1-2H3;3-9,18-19H,1-2H2;3-8H,1-2H3,(H,16,17);3,5H,1-2H2. The second-order valence-corrected chi connectivity index (χ2v) is 16.8. The summed E-state index contributed by atoms with van der Waals surface area (Å²) in [6.45, 7) is 0. The van der Waals surface area contributed by atoms with Gasteiger partial charge in [0, 0.05) is 52.5 Å². The fourth-order valence-electron chi connectivity index (χ4n) is 8.43. The number of H-pyrrole nitrogens is 1. The van der Waals surface area contributed by atoms with Crippen LogP contribution in [0.25, 0.3) is 65.0 Å². The van der Waals surface area contributed by atoms with Crippen molar-refractivity contribution >= 4 is 72.7 Å². The maximum atomic E-state index is 13.0. The van der Waals surface area contributed by atoms with Gasteiger partial charge in [-0.25, -0.2) is 0 Å². The molecule has 9 aromatic rings. The van der Waals surface area contributed by atoms with Crippen LogP contribution in [0.3, 0.4) is 0 Å². The number of pyridine rings is 3. The topological polar surface area (TPSA) is 184 Å². The molecule has 6 aromatic carbocycles. The van der Waals surface area contributed by atoms with Crippen molar-refractivity contribution < 1.29 is 38.8 Å². The molecule has 3 fully saturated rings. The maximum absolute atomic E-state index is 13.0. The third-order valence-electron chi connectivity index (χ3n) is 12.3. The zero-order chi connectivity index (χ0) is 46.9. The number of phenolic OH excluding ortho intramolecular Hbond substituents is 2. The number of rotatable bonds is 8. The third kappa shape index (κ3) is 9.20. The molecule has 341 valence electrons. The minimum absolute atomic E-state index is 0.0529. The Hall–Kier alpha value is -7.49. The molecule has 0 unspecified atom stereocenters. The number of aromatic hydroxyl groups is 2. The summed E-state index contributed by atoms with van der Waals surface area (Å²) in [5.41, 5.74) is 2.30. The number of hydrogen-bond donors (Lipinski definition) is 4. The van der Waals surface area contributed by atoms with Gasteiger partial charge in [0.2, 0.25) is 0 Å². The van der Waals surface area contributed by atoms with Crippen molar-refractivity contribution in [2.24, 2.45) is 0 Å². The van der Waals surface area contributed by atoms with Gasteiger partial charge in [0.1, 0.15) is 34.5 Å². The summed E-state index contributed by atoms with van der Waals surface area (Å²) in [5, 5.41) is 34.8. The highest BCUT2D eigenvalue weighted by atomic mass is 16.5. The molecule has 3 aromatic heterocycles. The van der Waals surface area contributed by atoms with Gasteiger partial charge in [-0.1, -0.05) is 0 Å². The molecule has 1 radical (unpaired) electrons. The first-order valence-corrected chi connectivity index (χ1v) is 22.0. The predicted octanol–water partition coefficient (Wildman–Crippen LogP) is 8.80. The van der Waals surface area contributed by atoms with E-state index in [2.05, 4.69) is 9.64 Å². The molecule has 3 heterocycles. The molecule has 3 aliphatic rings. The quantitative estimate of drug-likeness (QED) is 0.0845. The summed E-state index contributed by atoms with van der Waals surface area (Å²) in [5.74, 6) is 3.12. The third-order valence-corrected chi connectivity index (χ3v) is 12.3. The van der Waals surface area contributed by atoms with Gasteiger partial charge in [-0.3, -0.25) is 14.4 Å². The van der Waals surface area contributed by atoms with Crippen molar-refractivity contribution in [3.8, 4) is 34.5 Å². The number of nitrogens with one attached hydrogen (secondary N) is 1. The smallest absolute Gasteiger partial charge is 0.485 e. The van der Waals surface area contributed by atoms with Gasteiger partial charge in [0.05, 0.1) is 61.1 Å². The molecule has 0 aliphatic heterocycles. The van der Waals surface area contributed by atoms with Gasteiger partial charge in [-0.05, 0) is 146 Å².